The lowest BCUT2D eigenvalue weighted by atomic mass is 9.53. The van der Waals surface area contributed by atoms with E-state index in [1.165, 1.54) is 12.8 Å². The van der Waals surface area contributed by atoms with Crippen LogP contribution in [0.15, 0.2) is 0 Å². The van der Waals surface area contributed by atoms with Crippen LogP contribution in [-0.4, -0.2) is 12.6 Å². The van der Waals surface area contributed by atoms with Crippen LogP contribution in [0.25, 0.3) is 0 Å². The van der Waals surface area contributed by atoms with Crippen LogP contribution in [0.5, 0.6) is 0 Å². The summed E-state index contributed by atoms with van der Waals surface area (Å²) in [5, 5.41) is 0. The second-order valence-corrected chi connectivity index (χ2v) is 5.49. The molecule has 2 nitrogen and oxygen atoms in total. The smallest absolute Gasteiger partial charge is 0.206 e. The molecule has 0 bridgehead atoms. The molecule has 0 atom stereocenters. The minimum Gasteiger partial charge on any atom is -0.290 e. The predicted octanol–water partition coefficient (Wildman–Crippen LogP) is 3.11. The highest BCUT2D eigenvalue weighted by atomic mass is 16.1. The van der Waals surface area contributed by atoms with Crippen molar-refractivity contribution in [1.82, 2.24) is 0 Å². The monoisotopic (exact) mass is 220 g/mol. The summed E-state index contributed by atoms with van der Waals surface area (Å²) in [5.74, 6) is 0. The van der Waals surface area contributed by atoms with Crippen molar-refractivity contribution in [3.05, 3.63) is 0 Å². The third-order valence-corrected chi connectivity index (χ3v) is 4.72. The molecule has 88 valence electrons. The van der Waals surface area contributed by atoms with Crippen molar-refractivity contribution in [1.29, 1.82) is 0 Å². The van der Waals surface area contributed by atoms with Crippen molar-refractivity contribution in [3.63, 3.8) is 0 Å². The van der Waals surface area contributed by atoms with Crippen LogP contribution in [-0.2, 0) is 9.59 Å². The normalized spacial score (nSPS) is 28.2. The van der Waals surface area contributed by atoms with Crippen LogP contribution >= 0.6 is 0 Å². The van der Waals surface area contributed by atoms with E-state index < -0.39 is 10.8 Å². The Morgan fingerprint density at radius 3 is 1.12 bits per heavy atom. The first kappa shape index (κ1) is 11.8. The summed E-state index contributed by atoms with van der Waals surface area (Å²) in [4.78, 5) is 22.9. The molecule has 2 aliphatic carbocycles. The molecule has 0 aromatic heterocycles. The summed E-state index contributed by atoms with van der Waals surface area (Å²) in [5.41, 5.74) is -0.985. The van der Waals surface area contributed by atoms with E-state index in [4.69, 9.17) is 0 Å². The molecule has 2 saturated carbocycles. The molecule has 2 aliphatic rings. The topological polar surface area (TPSA) is 34.1 Å². The van der Waals surface area contributed by atoms with Crippen molar-refractivity contribution < 1.29 is 9.59 Å². The van der Waals surface area contributed by atoms with Gasteiger partial charge in [-0.2, -0.15) is 0 Å². The number of carbonyl (C=O) groups excluding carboxylic acids is 2. The fourth-order valence-electron chi connectivity index (χ4n) is 3.67. The average molecular weight is 220 g/mol. The van der Waals surface area contributed by atoms with Gasteiger partial charge in [-0.1, -0.05) is 38.5 Å². The van der Waals surface area contributed by atoms with Gasteiger partial charge >= 0.3 is 0 Å². The molecule has 2 rings (SSSR count). The largest absolute Gasteiger partial charge is 0.290 e. The Morgan fingerprint density at radius 2 is 0.875 bits per heavy atom. The first-order valence-electron chi connectivity index (χ1n) is 6.57. The molecule has 0 heterocycles. The molecule has 2 fully saturated rings. The van der Waals surface area contributed by atoms with Gasteiger partial charge in [0.2, 0.25) is 12.6 Å². The SMILES string of the molecule is O=[C]C1(C2([C]=O)CCCCC2)CCCCC1. The van der Waals surface area contributed by atoms with E-state index in [0.717, 1.165) is 51.4 Å². The van der Waals surface area contributed by atoms with Crippen LogP contribution in [0.4, 0.5) is 0 Å². The maximum Gasteiger partial charge on any atom is 0.206 e. The summed E-state index contributed by atoms with van der Waals surface area (Å²) in [6, 6.07) is 0. The lowest BCUT2D eigenvalue weighted by Crippen LogP contribution is -2.47. The van der Waals surface area contributed by atoms with Crippen LogP contribution in [0.1, 0.15) is 64.2 Å². The average Bonchev–Trinajstić information content (AvgIpc) is 2.40. The first-order valence-corrected chi connectivity index (χ1v) is 6.57. The molecule has 0 N–H and O–H groups in total. The Labute approximate surface area is 97.8 Å². The fraction of sp³-hybridized carbons (Fsp3) is 0.857. The van der Waals surface area contributed by atoms with Gasteiger partial charge in [-0.3, -0.25) is 9.59 Å². The zero-order chi connectivity index (χ0) is 11.5. The van der Waals surface area contributed by atoms with Gasteiger partial charge in [-0.15, -0.1) is 0 Å². The Morgan fingerprint density at radius 1 is 0.562 bits per heavy atom. The summed E-state index contributed by atoms with van der Waals surface area (Å²) in [6.45, 7) is 0. The Kier molecular flexibility index (Phi) is 3.46. The minimum absolute atomic E-state index is 0.493. The maximum absolute atomic E-state index is 11.4. The van der Waals surface area contributed by atoms with Crippen molar-refractivity contribution in [3.8, 4) is 0 Å². The molecule has 0 amide bonds. The molecule has 0 spiro atoms. The number of hydrogen-bond donors (Lipinski definition) is 0. The molecule has 0 unspecified atom stereocenters. The third kappa shape index (κ3) is 1.72. The van der Waals surface area contributed by atoms with Crippen molar-refractivity contribution >= 4 is 12.6 Å². The lowest BCUT2D eigenvalue weighted by molar-refractivity contribution is 0.0796. The van der Waals surface area contributed by atoms with Crippen molar-refractivity contribution in [2.45, 2.75) is 64.2 Å². The van der Waals surface area contributed by atoms with E-state index in [1.54, 1.807) is 0 Å². The van der Waals surface area contributed by atoms with Crippen molar-refractivity contribution in [2.75, 3.05) is 0 Å². The second kappa shape index (κ2) is 4.68. The van der Waals surface area contributed by atoms with Crippen LogP contribution in [0.3, 0.4) is 0 Å². The molecule has 0 aromatic carbocycles. The van der Waals surface area contributed by atoms with E-state index in [1.807, 2.05) is 0 Å². The lowest BCUT2D eigenvalue weighted by Gasteiger charge is -2.47. The second-order valence-electron chi connectivity index (χ2n) is 5.49. The predicted molar refractivity (Wildman–Crippen MR) is 62.4 cm³/mol. The van der Waals surface area contributed by atoms with Crippen LogP contribution in [0, 0.1) is 10.8 Å². The minimum atomic E-state index is -0.493. The highest BCUT2D eigenvalue weighted by Gasteiger charge is 2.53. The van der Waals surface area contributed by atoms with Gasteiger partial charge in [0.05, 0.1) is 0 Å². The summed E-state index contributed by atoms with van der Waals surface area (Å²) in [6.07, 6.45) is 14.6. The van der Waals surface area contributed by atoms with Gasteiger partial charge in [0, 0.05) is 10.8 Å². The van der Waals surface area contributed by atoms with Crippen LogP contribution < -0.4 is 0 Å². The van der Waals surface area contributed by atoms with E-state index >= 15 is 0 Å². The van der Waals surface area contributed by atoms with Crippen molar-refractivity contribution in [2.24, 2.45) is 10.8 Å². The van der Waals surface area contributed by atoms with Gasteiger partial charge in [-0.05, 0) is 25.7 Å². The Balaban J connectivity index is 2.28. The van der Waals surface area contributed by atoms with E-state index in [9.17, 15) is 9.59 Å². The highest BCUT2D eigenvalue weighted by Crippen LogP contribution is 2.54. The highest BCUT2D eigenvalue weighted by molar-refractivity contribution is 5.74. The van der Waals surface area contributed by atoms with Gasteiger partial charge in [0.1, 0.15) is 0 Å². The molecular formula is C14H20O2. The number of rotatable bonds is 3. The number of hydrogen-bond acceptors (Lipinski definition) is 2. The summed E-state index contributed by atoms with van der Waals surface area (Å²) < 4.78 is 0. The fourth-order valence-corrected chi connectivity index (χ4v) is 3.67. The zero-order valence-electron chi connectivity index (χ0n) is 9.89. The van der Waals surface area contributed by atoms with Crippen LogP contribution in [0.2, 0.25) is 0 Å². The molecule has 2 heteroatoms. The van der Waals surface area contributed by atoms with E-state index in [0.29, 0.717) is 0 Å². The maximum atomic E-state index is 11.4. The molecule has 2 radical (unpaired) electrons. The summed E-state index contributed by atoms with van der Waals surface area (Å²) >= 11 is 0. The van der Waals surface area contributed by atoms with Gasteiger partial charge < -0.3 is 0 Å². The quantitative estimate of drug-likeness (QED) is 0.732. The Hall–Kier alpha value is -0.660. The molecule has 0 aliphatic heterocycles. The first-order chi connectivity index (χ1) is 7.79. The van der Waals surface area contributed by atoms with Gasteiger partial charge in [-0.25, -0.2) is 0 Å². The van der Waals surface area contributed by atoms with E-state index in [-0.39, 0.29) is 0 Å². The molecule has 0 saturated heterocycles. The van der Waals surface area contributed by atoms with Gasteiger partial charge in [0.15, 0.2) is 0 Å². The molecular weight excluding hydrogens is 200 g/mol. The standard InChI is InChI=1S/C14H20O2/c15-11-13(7-3-1-4-8-13)14(12-16)9-5-2-6-10-14/h1-10H2. The Bertz CT molecular complexity index is 230. The third-order valence-electron chi connectivity index (χ3n) is 4.72. The molecule has 16 heavy (non-hydrogen) atoms. The zero-order valence-corrected chi connectivity index (χ0v) is 9.89. The molecule has 0 aromatic rings. The van der Waals surface area contributed by atoms with Gasteiger partial charge in [0.25, 0.3) is 0 Å². The summed E-state index contributed by atoms with van der Waals surface area (Å²) in [7, 11) is 0. The van der Waals surface area contributed by atoms with E-state index in [2.05, 4.69) is 12.6 Å².